The van der Waals surface area contributed by atoms with Gasteiger partial charge in [-0.05, 0) is 37.7 Å². The number of benzene rings is 1. The van der Waals surface area contributed by atoms with Crippen LogP contribution >= 0.6 is 0 Å². The lowest BCUT2D eigenvalue weighted by atomic mass is 10.1. The van der Waals surface area contributed by atoms with Crippen molar-refractivity contribution in [2.45, 2.75) is 6.42 Å². The molecule has 136 valence electrons. The first kappa shape index (κ1) is 17.8. The number of carbonyl (C=O) groups excluding carboxylic acids is 2. The predicted molar refractivity (Wildman–Crippen MR) is 93.8 cm³/mol. The average molecular weight is 348 g/mol. The molecule has 1 N–H and O–H groups in total. The lowest BCUT2D eigenvalue weighted by Crippen LogP contribution is -2.47. The number of anilines is 1. The van der Waals surface area contributed by atoms with Crippen LogP contribution in [0.4, 0.5) is 10.1 Å². The number of carbonyl (C=O) groups is 2. The third kappa shape index (κ3) is 4.35. The summed E-state index contributed by atoms with van der Waals surface area (Å²) in [6.07, 6.45) is 0.497. The first-order valence-corrected chi connectivity index (χ1v) is 8.80. The van der Waals surface area contributed by atoms with E-state index in [0.717, 1.165) is 32.7 Å². The van der Waals surface area contributed by atoms with Crippen molar-refractivity contribution in [3.05, 3.63) is 30.1 Å². The summed E-state index contributed by atoms with van der Waals surface area (Å²) in [4.78, 5) is 31.0. The Morgan fingerprint density at radius 1 is 1.16 bits per heavy atom. The van der Waals surface area contributed by atoms with Crippen molar-refractivity contribution in [2.75, 3.05) is 57.8 Å². The summed E-state index contributed by atoms with van der Waals surface area (Å²) in [5.74, 6) is -1.39. The van der Waals surface area contributed by atoms with E-state index >= 15 is 0 Å². The topological polar surface area (TPSA) is 55.9 Å². The van der Waals surface area contributed by atoms with Crippen LogP contribution in [0, 0.1) is 11.7 Å². The van der Waals surface area contributed by atoms with Gasteiger partial charge in [-0.1, -0.05) is 0 Å². The summed E-state index contributed by atoms with van der Waals surface area (Å²) in [6.45, 7) is 5.95. The normalized spacial score (nSPS) is 22.4. The first-order chi connectivity index (χ1) is 12.0. The van der Waals surface area contributed by atoms with Crippen LogP contribution in [0.3, 0.4) is 0 Å². The van der Waals surface area contributed by atoms with Crippen molar-refractivity contribution in [3.8, 4) is 0 Å². The number of halogens is 1. The van der Waals surface area contributed by atoms with Gasteiger partial charge >= 0.3 is 0 Å². The maximum atomic E-state index is 13.0. The maximum Gasteiger partial charge on any atom is 0.239 e. The van der Waals surface area contributed by atoms with Crippen LogP contribution in [-0.4, -0.2) is 74.5 Å². The fraction of sp³-hybridized carbons (Fsp3) is 0.556. The Kier molecular flexibility index (Phi) is 5.65. The molecule has 7 heteroatoms. The minimum Gasteiger partial charge on any atom is -0.354 e. The standard InChI is InChI=1S/C18H25FN4O2/c1-21-10-12-22(13-11-21)9-7-20-17(24)16-6-8-23(18(16)25)15-4-2-14(19)3-5-15/h2-5,16H,6-13H2,1H3,(H,20,24). The number of rotatable bonds is 5. The highest BCUT2D eigenvalue weighted by Gasteiger charge is 2.37. The van der Waals surface area contributed by atoms with E-state index in [1.807, 2.05) is 0 Å². The van der Waals surface area contributed by atoms with Gasteiger partial charge in [-0.15, -0.1) is 0 Å². The molecule has 1 unspecified atom stereocenters. The number of nitrogens with one attached hydrogen (secondary N) is 1. The van der Waals surface area contributed by atoms with Crippen molar-refractivity contribution >= 4 is 17.5 Å². The van der Waals surface area contributed by atoms with Crippen LogP contribution in [0.2, 0.25) is 0 Å². The van der Waals surface area contributed by atoms with Crippen LogP contribution in [0.1, 0.15) is 6.42 Å². The Hall–Kier alpha value is -1.99. The van der Waals surface area contributed by atoms with Gasteiger partial charge in [0.2, 0.25) is 11.8 Å². The molecular formula is C18H25FN4O2. The van der Waals surface area contributed by atoms with E-state index in [0.29, 0.717) is 25.2 Å². The summed E-state index contributed by atoms with van der Waals surface area (Å²) >= 11 is 0. The molecule has 0 aliphatic carbocycles. The molecule has 25 heavy (non-hydrogen) atoms. The molecule has 2 aliphatic rings. The molecule has 0 aromatic heterocycles. The molecular weight excluding hydrogens is 323 g/mol. The Balaban J connectivity index is 1.46. The monoisotopic (exact) mass is 348 g/mol. The van der Waals surface area contributed by atoms with Gasteiger partial charge in [-0.25, -0.2) is 4.39 Å². The molecule has 2 saturated heterocycles. The number of hydrogen-bond acceptors (Lipinski definition) is 4. The minimum absolute atomic E-state index is 0.205. The largest absolute Gasteiger partial charge is 0.354 e. The average Bonchev–Trinajstić information content (AvgIpc) is 2.99. The van der Waals surface area contributed by atoms with E-state index in [1.54, 1.807) is 17.0 Å². The second kappa shape index (κ2) is 7.93. The molecule has 2 fully saturated rings. The fourth-order valence-electron chi connectivity index (χ4n) is 3.33. The van der Waals surface area contributed by atoms with Crippen molar-refractivity contribution < 1.29 is 14.0 Å². The molecule has 2 amide bonds. The fourth-order valence-corrected chi connectivity index (χ4v) is 3.33. The molecule has 3 rings (SSSR count). The number of likely N-dealkylation sites (N-methyl/N-ethyl adjacent to an activating group) is 1. The number of amides is 2. The molecule has 1 atom stereocenters. The van der Waals surface area contributed by atoms with E-state index in [9.17, 15) is 14.0 Å². The van der Waals surface area contributed by atoms with Crippen LogP contribution < -0.4 is 10.2 Å². The SMILES string of the molecule is CN1CCN(CCNC(=O)C2CCN(c3ccc(F)cc3)C2=O)CC1. The van der Waals surface area contributed by atoms with Gasteiger partial charge in [0.15, 0.2) is 0 Å². The van der Waals surface area contributed by atoms with Crippen molar-refractivity contribution in [1.29, 1.82) is 0 Å². The molecule has 2 aliphatic heterocycles. The van der Waals surface area contributed by atoms with Gasteiger partial charge in [-0.3, -0.25) is 14.5 Å². The molecule has 6 nitrogen and oxygen atoms in total. The zero-order chi connectivity index (χ0) is 17.8. The number of piperazine rings is 1. The van der Waals surface area contributed by atoms with Gasteiger partial charge < -0.3 is 15.1 Å². The predicted octanol–water partition coefficient (Wildman–Crippen LogP) is 0.542. The lowest BCUT2D eigenvalue weighted by Gasteiger charge is -2.32. The molecule has 0 saturated carbocycles. The molecule has 1 aromatic carbocycles. The third-order valence-electron chi connectivity index (χ3n) is 4.98. The van der Waals surface area contributed by atoms with Gasteiger partial charge in [0.25, 0.3) is 0 Å². The van der Waals surface area contributed by atoms with Gasteiger partial charge in [0.1, 0.15) is 11.7 Å². The second-order valence-electron chi connectivity index (χ2n) is 6.74. The van der Waals surface area contributed by atoms with Crippen molar-refractivity contribution in [2.24, 2.45) is 5.92 Å². The van der Waals surface area contributed by atoms with E-state index in [1.165, 1.54) is 12.1 Å². The summed E-state index contributed by atoms with van der Waals surface area (Å²) in [6, 6.07) is 5.79. The highest BCUT2D eigenvalue weighted by molar-refractivity contribution is 6.09. The van der Waals surface area contributed by atoms with Gasteiger partial charge in [0.05, 0.1) is 0 Å². The summed E-state index contributed by atoms with van der Waals surface area (Å²) in [7, 11) is 2.11. The van der Waals surface area contributed by atoms with E-state index in [-0.39, 0.29) is 17.6 Å². The van der Waals surface area contributed by atoms with Gasteiger partial charge in [-0.2, -0.15) is 0 Å². The van der Waals surface area contributed by atoms with Crippen LogP contribution in [0.25, 0.3) is 0 Å². The van der Waals surface area contributed by atoms with Crippen molar-refractivity contribution in [3.63, 3.8) is 0 Å². The Labute approximate surface area is 147 Å². The minimum atomic E-state index is -0.641. The zero-order valence-corrected chi connectivity index (χ0v) is 14.6. The highest BCUT2D eigenvalue weighted by Crippen LogP contribution is 2.25. The van der Waals surface area contributed by atoms with Gasteiger partial charge in [0, 0.05) is 51.5 Å². The molecule has 0 spiro atoms. The highest BCUT2D eigenvalue weighted by atomic mass is 19.1. The Morgan fingerprint density at radius 2 is 1.84 bits per heavy atom. The van der Waals surface area contributed by atoms with E-state index in [2.05, 4.69) is 22.2 Å². The first-order valence-electron chi connectivity index (χ1n) is 8.80. The zero-order valence-electron chi connectivity index (χ0n) is 14.6. The summed E-state index contributed by atoms with van der Waals surface area (Å²) in [5.41, 5.74) is 0.638. The van der Waals surface area contributed by atoms with E-state index < -0.39 is 5.92 Å². The summed E-state index contributed by atoms with van der Waals surface area (Å²) < 4.78 is 13.0. The number of nitrogens with zero attached hydrogens (tertiary/aromatic N) is 3. The molecule has 0 bridgehead atoms. The smallest absolute Gasteiger partial charge is 0.239 e. The quantitative estimate of drug-likeness (QED) is 0.790. The van der Waals surface area contributed by atoms with E-state index in [4.69, 9.17) is 0 Å². The second-order valence-corrected chi connectivity index (χ2v) is 6.74. The Bertz CT molecular complexity index is 614. The van der Waals surface area contributed by atoms with Crippen molar-refractivity contribution in [1.82, 2.24) is 15.1 Å². The molecule has 2 heterocycles. The lowest BCUT2D eigenvalue weighted by molar-refractivity contribution is -0.132. The maximum absolute atomic E-state index is 13.0. The Morgan fingerprint density at radius 3 is 2.52 bits per heavy atom. The molecule has 1 aromatic rings. The number of hydrogen-bond donors (Lipinski definition) is 1. The molecule has 0 radical (unpaired) electrons. The van der Waals surface area contributed by atoms with Crippen LogP contribution in [-0.2, 0) is 9.59 Å². The third-order valence-corrected chi connectivity index (χ3v) is 4.98. The summed E-state index contributed by atoms with van der Waals surface area (Å²) in [5, 5.41) is 2.89. The van der Waals surface area contributed by atoms with Crippen LogP contribution in [0.5, 0.6) is 0 Å². The van der Waals surface area contributed by atoms with Crippen LogP contribution in [0.15, 0.2) is 24.3 Å².